The molecule has 10 rings (SSSR count). The van der Waals surface area contributed by atoms with Crippen molar-refractivity contribution in [2.45, 2.75) is 245 Å². The molecule has 32 atom stereocenters. The van der Waals surface area contributed by atoms with Gasteiger partial charge in [-0.15, -0.1) is 0 Å². The third-order valence-corrected chi connectivity index (χ3v) is 20.8. The van der Waals surface area contributed by atoms with Crippen LogP contribution in [0.25, 0.3) is 0 Å². The van der Waals surface area contributed by atoms with Crippen molar-refractivity contribution in [1.29, 1.82) is 0 Å². The molecular formula is C56H88O27. The Morgan fingerprint density at radius 3 is 1.98 bits per heavy atom. The highest BCUT2D eigenvalue weighted by molar-refractivity contribution is 5.74. The van der Waals surface area contributed by atoms with Gasteiger partial charge in [-0.3, -0.25) is 9.59 Å². The van der Waals surface area contributed by atoms with Crippen molar-refractivity contribution in [1.82, 2.24) is 0 Å². The normalized spacial score (nSPS) is 52.3. The lowest BCUT2D eigenvalue weighted by atomic mass is 9.46. The molecule has 6 saturated heterocycles. The van der Waals surface area contributed by atoms with E-state index in [0.717, 1.165) is 51.0 Å². The van der Waals surface area contributed by atoms with Crippen LogP contribution in [0.15, 0.2) is 11.6 Å². The molecule has 0 aromatic heterocycles. The molecule has 83 heavy (non-hydrogen) atoms. The number of fused-ring (bicyclic) bond motifs is 7. The summed E-state index contributed by atoms with van der Waals surface area (Å²) in [6, 6.07) is 0. The minimum Gasteiger partial charge on any atom is -0.481 e. The predicted octanol–water partition coefficient (Wildman–Crippen LogP) is -3.21. The zero-order chi connectivity index (χ0) is 60.0. The second-order valence-electron chi connectivity index (χ2n) is 26.3. The molecule has 0 bridgehead atoms. The maximum Gasteiger partial charge on any atom is 0.309 e. The molecule has 27 heteroatoms. The molecule has 0 aromatic rings. The number of carbonyl (C=O) groups excluding carboxylic acids is 1. The van der Waals surface area contributed by atoms with Gasteiger partial charge in [-0.05, 0) is 92.3 Å². The summed E-state index contributed by atoms with van der Waals surface area (Å²) in [4.78, 5) is 23.9. The van der Waals surface area contributed by atoms with Crippen LogP contribution in [-0.4, -0.2) is 263 Å². The van der Waals surface area contributed by atoms with Gasteiger partial charge in [-0.25, -0.2) is 0 Å². The van der Waals surface area contributed by atoms with Gasteiger partial charge in [-0.1, -0.05) is 39.3 Å². The van der Waals surface area contributed by atoms with Gasteiger partial charge in [0.2, 0.25) is 0 Å². The van der Waals surface area contributed by atoms with E-state index in [1.54, 1.807) is 0 Å². The zero-order valence-electron chi connectivity index (χ0n) is 47.4. The Hall–Kier alpha value is -2.24. The number of ether oxygens (including phenoxy) is 11. The van der Waals surface area contributed by atoms with Gasteiger partial charge in [0.15, 0.2) is 37.1 Å². The van der Waals surface area contributed by atoms with Crippen LogP contribution in [0, 0.1) is 46.3 Å². The van der Waals surface area contributed by atoms with Crippen molar-refractivity contribution < 1.29 is 133 Å². The highest BCUT2D eigenvalue weighted by Crippen LogP contribution is 2.71. The van der Waals surface area contributed by atoms with E-state index in [9.17, 15) is 76.0 Å². The molecule has 1 spiro atoms. The first-order chi connectivity index (χ1) is 39.2. The van der Waals surface area contributed by atoms with Crippen molar-refractivity contribution in [2.24, 2.45) is 46.3 Å². The molecular weight excluding hydrogens is 1100 g/mol. The molecule has 0 aromatic carbocycles. The molecule has 10 aliphatic rings. The van der Waals surface area contributed by atoms with Crippen LogP contribution in [-0.2, 0) is 61.7 Å². The van der Waals surface area contributed by atoms with E-state index in [2.05, 4.69) is 33.8 Å². The van der Waals surface area contributed by atoms with E-state index >= 15 is 0 Å². The smallest absolute Gasteiger partial charge is 0.309 e. The number of carboxylic acids is 1. The van der Waals surface area contributed by atoms with Crippen LogP contribution >= 0.6 is 0 Å². The van der Waals surface area contributed by atoms with Crippen molar-refractivity contribution in [3.8, 4) is 0 Å². The van der Waals surface area contributed by atoms with Crippen LogP contribution in [0.5, 0.6) is 0 Å². The summed E-state index contributed by atoms with van der Waals surface area (Å²) in [7, 11) is 0. The largest absolute Gasteiger partial charge is 0.481 e. The van der Waals surface area contributed by atoms with Crippen molar-refractivity contribution in [2.75, 3.05) is 33.0 Å². The van der Waals surface area contributed by atoms with Gasteiger partial charge in [0.1, 0.15) is 85.5 Å². The summed E-state index contributed by atoms with van der Waals surface area (Å²) >= 11 is 0. The lowest BCUT2D eigenvalue weighted by Gasteiger charge is -2.59. The lowest BCUT2D eigenvalue weighted by Crippen LogP contribution is -2.68. The molecule has 3 saturated carbocycles. The Labute approximate surface area is 480 Å². The van der Waals surface area contributed by atoms with Gasteiger partial charge in [0.05, 0.1) is 69.8 Å². The van der Waals surface area contributed by atoms with Crippen LogP contribution < -0.4 is 0 Å². The molecule has 0 unspecified atom stereocenters. The first-order valence-electron chi connectivity index (χ1n) is 29.5. The van der Waals surface area contributed by atoms with Crippen molar-refractivity contribution >= 4 is 11.9 Å². The van der Waals surface area contributed by atoms with Gasteiger partial charge >= 0.3 is 11.9 Å². The van der Waals surface area contributed by atoms with Crippen LogP contribution in [0.2, 0.25) is 0 Å². The van der Waals surface area contributed by atoms with E-state index in [1.807, 2.05) is 0 Å². The third-order valence-electron chi connectivity index (χ3n) is 20.8. The summed E-state index contributed by atoms with van der Waals surface area (Å²) in [5.74, 6) is -0.833. The molecule has 14 N–H and O–H groups in total. The number of hydrogen-bond donors (Lipinski definition) is 14. The molecule has 0 radical (unpaired) electrons. The highest BCUT2D eigenvalue weighted by atomic mass is 16.8. The molecule has 9 fully saturated rings. The topological polar surface area (TPSA) is 419 Å². The minimum atomic E-state index is -2.12. The van der Waals surface area contributed by atoms with E-state index < -0.39 is 192 Å². The highest BCUT2D eigenvalue weighted by Gasteiger charge is 2.69. The number of carboxylic acid groups (broad SMARTS) is 1. The van der Waals surface area contributed by atoms with E-state index in [4.69, 9.17) is 57.2 Å². The second kappa shape index (κ2) is 24.6. The summed E-state index contributed by atoms with van der Waals surface area (Å²) < 4.78 is 66.6. The fraction of sp³-hybridized carbons (Fsp3) is 0.929. The fourth-order valence-electron chi connectivity index (χ4n) is 16.3. The Balaban J connectivity index is 0.829. The van der Waals surface area contributed by atoms with Crippen LogP contribution in [0.4, 0.5) is 0 Å². The number of aliphatic hydroxyl groups is 13. The maximum atomic E-state index is 12.7. The first kappa shape index (κ1) is 63.8. The van der Waals surface area contributed by atoms with Gasteiger partial charge < -0.3 is 124 Å². The standard InChI is InChI=1S/C56H88O27/c1-22-8-11-56(74-20-22)23(2)37-30(83-56)13-27-25-7-6-24-12-29(28(60)14-55(24,5)26(25)9-10-54(27,37)4)76-50-45(71)42(68)46(33(19-59)79-50)80-52-48(82-51-44(70)41(67)38(64)31(17-57)77-51)47(40(66)32(18-58)78-52)81-49-43(69)39(65)34(21-73-49)75-36(63)16-53(3,72)15-35(61)62/h6,22-23,25-34,37-52,57-60,64-72H,7-21H2,1-5H3,(H,61,62)/t22-,23+,25+,26-,27-,28-,29-,30-,31-,32-,33-,34-,37-,38-,39+,40-,41+,42-,43-,44-,45-,46+,47+,48-,49+,50-,51+,52+,53+,54+,55+,56-/m1/s1. The fourth-order valence-corrected chi connectivity index (χ4v) is 16.3. The third kappa shape index (κ3) is 11.8. The second-order valence-corrected chi connectivity index (χ2v) is 26.3. The minimum absolute atomic E-state index is 0.0745. The SMILES string of the molecule is C[C@@H]1CC[C@@]2(OC1)O[C@@H]1C[C@@H]3[C@H]4CC=C5C[C@@H](O[C@@H]6O[C@H](CO)[C@H](O[C@@H]7O[C@H](CO)[C@@H](O)[C@H](O[C@@H]8OC[C@@H](OC(=O)C[C@@](C)(O)CC(=O)O)[C@H](O)[C@H]8O)[C@H]7O[C@@H]7O[C@H](CO)[C@@H](O)[C@H](O)[C@H]7O)[C@H](O)[C@H]6O)[C@H](O)C[C@]5(C)[C@@H]4CC[C@]3(C)[C@@H]1[C@@H]2C. The average Bonchev–Trinajstić information content (AvgIpc) is 1.70. The van der Waals surface area contributed by atoms with Gasteiger partial charge in [-0.2, -0.15) is 0 Å². The van der Waals surface area contributed by atoms with E-state index in [0.29, 0.717) is 36.7 Å². The van der Waals surface area contributed by atoms with Gasteiger partial charge in [0.25, 0.3) is 0 Å². The number of aliphatic carboxylic acids is 1. The average molecular weight is 1190 g/mol. The van der Waals surface area contributed by atoms with Crippen molar-refractivity contribution in [3.05, 3.63) is 11.6 Å². The number of carbonyl (C=O) groups is 2. The number of hydrogen-bond acceptors (Lipinski definition) is 26. The number of rotatable bonds is 16. The monoisotopic (exact) mass is 1190 g/mol. The molecule has 0 amide bonds. The molecule has 6 aliphatic heterocycles. The number of esters is 1. The predicted molar refractivity (Wildman–Crippen MR) is 275 cm³/mol. The zero-order valence-corrected chi connectivity index (χ0v) is 47.4. The first-order valence-corrected chi connectivity index (χ1v) is 29.5. The summed E-state index contributed by atoms with van der Waals surface area (Å²) in [5, 5.41) is 153. The van der Waals surface area contributed by atoms with E-state index in [1.165, 1.54) is 0 Å². The summed E-state index contributed by atoms with van der Waals surface area (Å²) in [5.41, 5.74) is -1.21. The van der Waals surface area contributed by atoms with Crippen LogP contribution in [0.3, 0.4) is 0 Å². The maximum absolute atomic E-state index is 12.7. The quantitative estimate of drug-likeness (QED) is 0.0534. The Morgan fingerprint density at radius 2 is 1.30 bits per heavy atom. The Kier molecular flexibility index (Phi) is 18.9. The van der Waals surface area contributed by atoms with Crippen molar-refractivity contribution in [3.63, 3.8) is 0 Å². The summed E-state index contributed by atoms with van der Waals surface area (Å²) in [6.07, 6.45) is -30.6. The molecule has 474 valence electrons. The van der Waals surface area contributed by atoms with E-state index in [-0.39, 0.29) is 35.2 Å². The molecule has 27 nitrogen and oxygen atoms in total. The van der Waals surface area contributed by atoms with Crippen LogP contribution in [0.1, 0.15) is 98.8 Å². The molecule has 4 aliphatic carbocycles. The Bertz CT molecular complexity index is 2280. The van der Waals surface area contributed by atoms with Gasteiger partial charge in [0, 0.05) is 12.3 Å². The lowest BCUT2D eigenvalue weighted by molar-refractivity contribution is -0.404. The Morgan fingerprint density at radius 1 is 0.675 bits per heavy atom. The molecule has 6 heterocycles. The summed E-state index contributed by atoms with van der Waals surface area (Å²) in [6.45, 7) is 7.53. The number of aliphatic hydroxyl groups excluding tert-OH is 12. The number of allylic oxidation sites excluding steroid dienone is 1.